The van der Waals surface area contributed by atoms with Gasteiger partial charge in [-0.3, -0.25) is 9.59 Å². The molecular weight excluding hydrogens is 738 g/mol. The van der Waals surface area contributed by atoms with Crippen LogP contribution in [0.2, 0.25) is 0 Å². The number of hydrogen-bond acceptors (Lipinski definition) is 10. The molecule has 0 spiro atoms. The Morgan fingerprint density at radius 1 is 1.14 bits per heavy atom. The average Bonchev–Trinajstić information content (AvgIpc) is 3.38. The molecule has 3 aromatic rings. The maximum Gasteiger partial charge on any atom is 0.408 e. The van der Waals surface area contributed by atoms with Gasteiger partial charge in [0.1, 0.15) is 35.0 Å². The third-order valence-corrected chi connectivity index (χ3v) is 10.6. The minimum absolute atomic E-state index is 0.0447. The standard InChI is InChI=1S/C37H44BrN5O7S/c1-5-48-34(46)37-20-22(37)12-9-7-6-8-10-13-26(41-35(47)50-36(2,3)4)33(45)43-21-24(19-28(43)31(44)42-37)49-32-30(29-14-11-17-51-29)39-27-18-23(38)15-16-25(27)40-32/h9,11-12,14-18,22,24,26,28H,5-8,10,13,19-21H2,1-4H3,(H,41,47)(H,42,44)/b12-9-/t22?,24-,26-,28?,37?/m1/s1. The number of alkyl carbamates (subject to hydrolysis) is 1. The summed E-state index contributed by atoms with van der Waals surface area (Å²) >= 11 is 5.01. The van der Waals surface area contributed by atoms with Crippen molar-refractivity contribution in [2.45, 2.75) is 102 Å². The highest BCUT2D eigenvalue weighted by Crippen LogP contribution is 2.46. The second kappa shape index (κ2) is 15.3. The lowest BCUT2D eigenvalue weighted by atomic mass is 10.0. The van der Waals surface area contributed by atoms with Gasteiger partial charge in [-0.2, -0.15) is 0 Å². The number of carbonyl (C=O) groups is 4. The van der Waals surface area contributed by atoms with Crippen molar-refractivity contribution in [2.24, 2.45) is 5.92 Å². The molecule has 0 radical (unpaired) electrons. The molecule has 3 amide bonds. The molecule has 1 saturated heterocycles. The normalized spacial score (nSPS) is 26.2. The van der Waals surface area contributed by atoms with Gasteiger partial charge in [-0.1, -0.05) is 47.0 Å². The summed E-state index contributed by atoms with van der Waals surface area (Å²) in [7, 11) is 0. The minimum Gasteiger partial charge on any atom is -0.471 e. The van der Waals surface area contributed by atoms with Crippen molar-refractivity contribution >= 4 is 62.2 Å². The van der Waals surface area contributed by atoms with Gasteiger partial charge in [-0.15, -0.1) is 11.3 Å². The molecule has 272 valence electrons. The molecule has 12 nitrogen and oxygen atoms in total. The highest BCUT2D eigenvalue weighted by Gasteiger charge is 2.62. The summed E-state index contributed by atoms with van der Waals surface area (Å²) in [4.78, 5) is 67.0. The smallest absolute Gasteiger partial charge is 0.408 e. The van der Waals surface area contributed by atoms with Gasteiger partial charge in [0.15, 0.2) is 0 Å². The Labute approximate surface area is 309 Å². The molecule has 3 unspecified atom stereocenters. The monoisotopic (exact) mass is 781 g/mol. The van der Waals surface area contributed by atoms with E-state index in [0.717, 1.165) is 28.6 Å². The summed E-state index contributed by atoms with van der Waals surface area (Å²) in [5, 5.41) is 7.72. The first-order valence-corrected chi connectivity index (χ1v) is 19.2. The van der Waals surface area contributed by atoms with Gasteiger partial charge in [0.25, 0.3) is 0 Å². The molecule has 4 heterocycles. The number of aromatic nitrogens is 2. The maximum atomic E-state index is 14.5. The Bertz CT molecular complexity index is 1810. The molecule has 1 saturated carbocycles. The van der Waals surface area contributed by atoms with Gasteiger partial charge in [0.05, 0.1) is 29.1 Å². The van der Waals surface area contributed by atoms with E-state index in [1.54, 1.807) is 27.7 Å². The van der Waals surface area contributed by atoms with E-state index in [1.807, 2.05) is 47.9 Å². The predicted molar refractivity (Wildman–Crippen MR) is 196 cm³/mol. The fourth-order valence-corrected chi connectivity index (χ4v) is 7.72. The van der Waals surface area contributed by atoms with Crippen LogP contribution in [-0.4, -0.2) is 81.2 Å². The number of amides is 3. The van der Waals surface area contributed by atoms with Gasteiger partial charge in [-0.05, 0) is 83.0 Å². The van der Waals surface area contributed by atoms with E-state index >= 15 is 0 Å². The number of fused-ring (bicyclic) bond motifs is 3. The number of nitrogens with one attached hydrogen (secondary N) is 2. The first-order chi connectivity index (χ1) is 24.4. The number of esters is 1. The van der Waals surface area contributed by atoms with E-state index in [4.69, 9.17) is 24.2 Å². The average molecular weight is 783 g/mol. The summed E-state index contributed by atoms with van der Waals surface area (Å²) in [5.41, 5.74) is -0.124. The highest BCUT2D eigenvalue weighted by atomic mass is 79.9. The Kier molecular flexibility index (Phi) is 11.0. The fourth-order valence-electron chi connectivity index (χ4n) is 6.67. The molecule has 51 heavy (non-hydrogen) atoms. The quantitative estimate of drug-likeness (QED) is 0.217. The van der Waals surface area contributed by atoms with Crippen molar-refractivity contribution in [3.05, 3.63) is 52.3 Å². The van der Waals surface area contributed by atoms with Crippen LogP contribution in [0.4, 0.5) is 4.79 Å². The molecule has 2 aliphatic heterocycles. The van der Waals surface area contributed by atoms with Crippen molar-refractivity contribution in [1.29, 1.82) is 0 Å². The largest absolute Gasteiger partial charge is 0.471 e. The van der Waals surface area contributed by atoms with Crippen LogP contribution < -0.4 is 15.4 Å². The van der Waals surface area contributed by atoms with Crippen LogP contribution in [0.1, 0.15) is 72.6 Å². The Morgan fingerprint density at radius 2 is 1.96 bits per heavy atom. The van der Waals surface area contributed by atoms with E-state index in [1.165, 1.54) is 16.2 Å². The number of rotatable bonds is 6. The van der Waals surface area contributed by atoms with Crippen LogP contribution in [0.5, 0.6) is 5.88 Å². The van der Waals surface area contributed by atoms with E-state index in [9.17, 15) is 19.2 Å². The van der Waals surface area contributed by atoms with Crippen molar-refractivity contribution in [3.8, 4) is 16.5 Å². The molecule has 0 bridgehead atoms. The van der Waals surface area contributed by atoms with Crippen LogP contribution in [-0.2, 0) is 23.9 Å². The maximum absolute atomic E-state index is 14.5. The lowest BCUT2D eigenvalue weighted by molar-refractivity contribution is -0.150. The molecule has 2 fully saturated rings. The number of benzene rings is 1. The molecule has 5 atom stereocenters. The molecule has 1 aromatic carbocycles. The van der Waals surface area contributed by atoms with Crippen LogP contribution in [0.25, 0.3) is 21.6 Å². The lowest BCUT2D eigenvalue weighted by Crippen LogP contribution is -2.56. The number of halogens is 1. The van der Waals surface area contributed by atoms with Crippen molar-refractivity contribution < 1.29 is 33.4 Å². The zero-order chi connectivity index (χ0) is 36.3. The molecule has 2 N–H and O–H groups in total. The van der Waals surface area contributed by atoms with Gasteiger partial charge in [0.2, 0.25) is 17.7 Å². The zero-order valence-electron chi connectivity index (χ0n) is 29.3. The number of hydrogen-bond donors (Lipinski definition) is 2. The van der Waals surface area contributed by atoms with E-state index in [0.29, 0.717) is 36.0 Å². The van der Waals surface area contributed by atoms with Crippen LogP contribution >= 0.6 is 27.3 Å². The summed E-state index contributed by atoms with van der Waals surface area (Å²) in [6.07, 6.45) is 6.71. The molecular formula is C37H44BrN5O7S. The van der Waals surface area contributed by atoms with Crippen molar-refractivity contribution in [3.63, 3.8) is 0 Å². The highest BCUT2D eigenvalue weighted by molar-refractivity contribution is 9.10. The topological polar surface area (TPSA) is 149 Å². The lowest BCUT2D eigenvalue weighted by Gasteiger charge is -2.30. The second-order valence-electron chi connectivity index (χ2n) is 14.2. The van der Waals surface area contributed by atoms with Crippen LogP contribution in [0.3, 0.4) is 0 Å². The summed E-state index contributed by atoms with van der Waals surface area (Å²) < 4.78 is 18.4. The zero-order valence-corrected chi connectivity index (χ0v) is 31.7. The van der Waals surface area contributed by atoms with Crippen molar-refractivity contribution in [2.75, 3.05) is 13.2 Å². The number of nitrogens with zero attached hydrogens (tertiary/aromatic N) is 3. The third kappa shape index (κ3) is 8.54. The summed E-state index contributed by atoms with van der Waals surface area (Å²) in [5.74, 6) is -1.34. The molecule has 3 aliphatic rings. The van der Waals surface area contributed by atoms with E-state index < -0.39 is 53.2 Å². The Hall–Kier alpha value is -4.04. The van der Waals surface area contributed by atoms with Gasteiger partial charge < -0.3 is 29.7 Å². The molecule has 2 aromatic heterocycles. The van der Waals surface area contributed by atoms with E-state index in [-0.39, 0.29) is 31.4 Å². The number of allylic oxidation sites excluding steroid dienone is 1. The third-order valence-electron chi connectivity index (χ3n) is 9.20. The molecule has 1 aliphatic carbocycles. The number of carbonyl (C=O) groups excluding carboxylic acids is 4. The first-order valence-electron chi connectivity index (χ1n) is 17.5. The van der Waals surface area contributed by atoms with Gasteiger partial charge in [0, 0.05) is 16.8 Å². The summed E-state index contributed by atoms with van der Waals surface area (Å²) in [6, 6.07) is 7.51. The van der Waals surface area contributed by atoms with Crippen molar-refractivity contribution in [1.82, 2.24) is 25.5 Å². The SMILES string of the molecule is CCOC(=O)C12CC1/C=C\CCCCC[C@@H](NC(=O)OC(C)(C)C)C(=O)N1C[C@H](Oc3nc4ccc(Br)cc4nc3-c3cccs3)CC1C(=O)N2. The van der Waals surface area contributed by atoms with Gasteiger partial charge in [-0.25, -0.2) is 19.6 Å². The fraction of sp³-hybridized carbons (Fsp3) is 0.514. The first kappa shape index (κ1) is 36.7. The number of thiophene rings is 1. The van der Waals surface area contributed by atoms with E-state index in [2.05, 4.69) is 26.6 Å². The van der Waals surface area contributed by atoms with Crippen LogP contribution in [0, 0.1) is 5.92 Å². The number of ether oxygens (including phenoxy) is 3. The molecule has 6 rings (SSSR count). The second-order valence-corrected chi connectivity index (χ2v) is 16.1. The van der Waals surface area contributed by atoms with Gasteiger partial charge >= 0.3 is 12.1 Å². The Balaban J connectivity index is 1.34. The Morgan fingerprint density at radius 3 is 2.71 bits per heavy atom. The molecule has 14 heteroatoms. The minimum atomic E-state index is -1.21. The summed E-state index contributed by atoms with van der Waals surface area (Å²) in [6.45, 7) is 7.21. The predicted octanol–water partition coefficient (Wildman–Crippen LogP) is 6.32. The van der Waals surface area contributed by atoms with Crippen LogP contribution in [0.15, 0.2) is 52.3 Å².